The second kappa shape index (κ2) is 4.60. The summed E-state index contributed by atoms with van der Waals surface area (Å²) >= 11 is 0. The minimum Gasteiger partial charge on any atom is -0.497 e. The number of rotatable bonds is 2. The average molecular weight is 290 g/mol. The highest BCUT2D eigenvalue weighted by molar-refractivity contribution is 6.28. The lowest BCUT2D eigenvalue weighted by Crippen LogP contribution is -2.00. The maximum absolute atomic E-state index is 13.0. The number of ketones is 1. The third kappa shape index (κ3) is 1.59. The van der Waals surface area contributed by atoms with E-state index in [2.05, 4.69) is 0 Å². The smallest absolute Gasteiger partial charge is 0.198 e. The molecule has 0 unspecified atom stereocenters. The Morgan fingerprint density at radius 1 is 0.818 bits per heavy atom. The summed E-state index contributed by atoms with van der Waals surface area (Å²) in [6.45, 7) is 0. The van der Waals surface area contributed by atoms with Gasteiger partial charge in [-0.15, -0.1) is 0 Å². The molecule has 3 heteroatoms. The minimum absolute atomic E-state index is 0.0151. The highest BCUT2D eigenvalue weighted by Crippen LogP contribution is 2.45. The van der Waals surface area contributed by atoms with Crippen molar-refractivity contribution in [3.63, 3.8) is 0 Å². The van der Waals surface area contributed by atoms with Gasteiger partial charge in [-0.05, 0) is 22.4 Å². The molecular formula is C19H14O3. The van der Waals surface area contributed by atoms with E-state index in [0.717, 1.165) is 27.5 Å². The molecule has 0 heterocycles. The topological polar surface area (TPSA) is 35.5 Å². The van der Waals surface area contributed by atoms with E-state index < -0.39 is 0 Å². The Morgan fingerprint density at radius 3 is 2.41 bits per heavy atom. The molecular weight excluding hydrogens is 276 g/mol. The van der Waals surface area contributed by atoms with Crippen molar-refractivity contribution < 1.29 is 14.3 Å². The van der Waals surface area contributed by atoms with Crippen LogP contribution < -0.4 is 9.47 Å². The number of fused-ring (bicyclic) bond motifs is 5. The summed E-state index contributed by atoms with van der Waals surface area (Å²) in [6, 6.07) is 15.6. The molecule has 3 aromatic carbocycles. The second-order valence-electron chi connectivity index (χ2n) is 5.29. The molecule has 0 saturated heterocycles. The number of ether oxygens (including phenoxy) is 2. The summed E-state index contributed by atoms with van der Waals surface area (Å²) in [4.78, 5) is 13.0. The van der Waals surface area contributed by atoms with Crippen molar-refractivity contribution in [2.24, 2.45) is 0 Å². The van der Waals surface area contributed by atoms with Crippen molar-refractivity contribution in [3.05, 3.63) is 59.7 Å². The molecule has 0 saturated carbocycles. The zero-order valence-corrected chi connectivity index (χ0v) is 12.3. The third-order valence-electron chi connectivity index (χ3n) is 4.20. The molecule has 4 rings (SSSR count). The van der Waals surface area contributed by atoms with E-state index in [0.29, 0.717) is 17.1 Å². The van der Waals surface area contributed by atoms with Crippen molar-refractivity contribution in [1.29, 1.82) is 0 Å². The average Bonchev–Trinajstić information content (AvgIpc) is 2.87. The highest BCUT2D eigenvalue weighted by atomic mass is 16.5. The fourth-order valence-corrected chi connectivity index (χ4v) is 3.18. The normalized spacial score (nSPS) is 12.2. The SMILES string of the molecule is COc1cc(OC)c2c(c1)-c1ccc3ccccc3c1C2=O. The van der Waals surface area contributed by atoms with Gasteiger partial charge in [0.1, 0.15) is 11.5 Å². The van der Waals surface area contributed by atoms with Crippen LogP contribution in [-0.4, -0.2) is 20.0 Å². The number of benzene rings is 3. The monoisotopic (exact) mass is 290 g/mol. The Kier molecular flexibility index (Phi) is 2.70. The quantitative estimate of drug-likeness (QED) is 0.558. The standard InChI is InChI=1S/C19H14O3/c1-21-12-9-15-14-8-7-11-5-3-4-6-13(11)17(14)19(20)18(15)16(10-12)22-2/h3-10H,1-2H3. The molecule has 3 nitrogen and oxygen atoms in total. The van der Waals surface area contributed by atoms with Gasteiger partial charge in [0.2, 0.25) is 0 Å². The molecule has 1 aliphatic rings. The number of methoxy groups -OCH3 is 2. The maximum atomic E-state index is 13.0. The van der Waals surface area contributed by atoms with Gasteiger partial charge in [-0.1, -0.05) is 36.4 Å². The molecule has 0 atom stereocenters. The molecule has 0 aliphatic heterocycles. The molecule has 0 spiro atoms. The lowest BCUT2D eigenvalue weighted by atomic mass is 9.99. The fourth-order valence-electron chi connectivity index (χ4n) is 3.18. The number of carbonyl (C=O) groups is 1. The van der Waals surface area contributed by atoms with E-state index in [1.165, 1.54) is 0 Å². The first-order valence-corrected chi connectivity index (χ1v) is 7.07. The van der Waals surface area contributed by atoms with Gasteiger partial charge in [-0.25, -0.2) is 0 Å². The van der Waals surface area contributed by atoms with Gasteiger partial charge in [-0.3, -0.25) is 4.79 Å². The summed E-state index contributed by atoms with van der Waals surface area (Å²) < 4.78 is 10.7. The van der Waals surface area contributed by atoms with Crippen LogP contribution in [0.1, 0.15) is 15.9 Å². The summed E-state index contributed by atoms with van der Waals surface area (Å²) in [7, 11) is 3.18. The highest BCUT2D eigenvalue weighted by Gasteiger charge is 2.32. The summed E-state index contributed by atoms with van der Waals surface area (Å²) in [6.07, 6.45) is 0. The van der Waals surface area contributed by atoms with Crippen LogP contribution in [0.25, 0.3) is 21.9 Å². The molecule has 0 amide bonds. The van der Waals surface area contributed by atoms with E-state index in [-0.39, 0.29) is 5.78 Å². The van der Waals surface area contributed by atoms with Gasteiger partial charge in [0, 0.05) is 17.2 Å². The van der Waals surface area contributed by atoms with Gasteiger partial charge >= 0.3 is 0 Å². The molecule has 108 valence electrons. The lowest BCUT2D eigenvalue weighted by Gasteiger charge is -2.09. The van der Waals surface area contributed by atoms with E-state index >= 15 is 0 Å². The van der Waals surface area contributed by atoms with E-state index in [1.807, 2.05) is 42.5 Å². The molecule has 3 aromatic rings. The Labute approximate surface area is 128 Å². The molecule has 0 bridgehead atoms. The van der Waals surface area contributed by atoms with Crippen LogP contribution in [0.3, 0.4) is 0 Å². The van der Waals surface area contributed by atoms with E-state index in [1.54, 1.807) is 20.3 Å². The summed E-state index contributed by atoms with van der Waals surface area (Å²) in [5.74, 6) is 1.25. The first-order valence-electron chi connectivity index (χ1n) is 7.07. The zero-order chi connectivity index (χ0) is 15.3. The van der Waals surface area contributed by atoms with Crippen molar-refractivity contribution in [2.75, 3.05) is 14.2 Å². The minimum atomic E-state index is 0.0151. The Balaban J connectivity index is 2.10. The van der Waals surface area contributed by atoms with Crippen molar-refractivity contribution >= 4 is 16.6 Å². The number of carbonyl (C=O) groups excluding carboxylic acids is 1. The van der Waals surface area contributed by atoms with Crippen LogP contribution in [-0.2, 0) is 0 Å². The molecule has 0 N–H and O–H groups in total. The van der Waals surface area contributed by atoms with Gasteiger partial charge in [0.15, 0.2) is 5.78 Å². The largest absolute Gasteiger partial charge is 0.497 e. The molecule has 22 heavy (non-hydrogen) atoms. The van der Waals surface area contributed by atoms with Crippen LogP contribution in [0.2, 0.25) is 0 Å². The second-order valence-corrected chi connectivity index (χ2v) is 5.29. The van der Waals surface area contributed by atoms with Crippen LogP contribution in [0.15, 0.2) is 48.5 Å². The molecule has 0 fully saturated rings. The maximum Gasteiger partial charge on any atom is 0.198 e. The number of hydrogen-bond acceptors (Lipinski definition) is 3. The van der Waals surface area contributed by atoms with Crippen LogP contribution >= 0.6 is 0 Å². The van der Waals surface area contributed by atoms with Crippen LogP contribution in [0.5, 0.6) is 11.5 Å². The van der Waals surface area contributed by atoms with E-state index in [9.17, 15) is 4.79 Å². The van der Waals surface area contributed by atoms with Crippen LogP contribution in [0.4, 0.5) is 0 Å². The Bertz CT molecular complexity index is 925. The molecule has 1 aliphatic carbocycles. The predicted octanol–water partition coefficient (Wildman–Crippen LogP) is 4.07. The van der Waals surface area contributed by atoms with Crippen molar-refractivity contribution in [3.8, 4) is 22.6 Å². The summed E-state index contributed by atoms with van der Waals surface area (Å²) in [5.41, 5.74) is 3.19. The zero-order valence-electron chi connectivity index (χ0n) is 12.3. The molecule has 0 radical (unpaired) electrons. The lowest BCUT2D eigenvalue weighted by molar-refractivity contribution is 0.104. The van der Waals surface area contributed by atoms with Gasteiger partial charge in [0.05, 0.1) is 19.8 Å². The Hall–Kier alpha value is -2.81. The third-order valence-corrected chi connectivity index (χ3v) is 4.20. The fraction of sp³-hybridized carbons (Fsp3) is 0.105. The Morgan fingerprint density at radius 2 is 1.64 bits per heavy atom. The first kappa shape index (κ1) is 12.9. The number of hydrogen-bond donors (Lipinski definition) is 0. The summed E-state index contributed by atoms with van der Waals surface area (Å²) in [5, 5.41) is 2.04. The van der Waals surface area contributed by atoms with Crippen LogP contribution in [0, 0.1) is 0 Å². The van der Waals surface area contributed by atoms with Crippen molar-refractivity contribution in [1.82, 2.24) is 0 Å². The van der Waals surface area contributed by atoms with E-state index in [4.69, 9.17) is 9.47 Å². The molecule has 0 aromatic heterocycles. The van der Waals surface area contributed by atoms with Crippen molar-refractivity contribution in [2.45, 2.75) is 0 Å². The van der Waals surface area contributed by atoms with Gasteiger partial charge in [0.25, 0.3) is 0 Å². The van der Waals surface area contributed by atoms with Gasteiger partial charge in [-0.2, -0.15) is 0 Å². The predicted molar refractivity (Wildman–Crippen MR) is 85.9 cm³/mol. The first-order chi connectivity index (χ1) is 10.7. The van der Waals surface area contributed by atoms with Gasteiger partial charge < -0.3 is 9.47 Å².